The molecule has 0 unspecified atom stereocenters. The minimum Gasteiger partial charge on any atom is -0.480 e. The predicted molar refractivity (Wildman–Crippen MR) is 97.3 cm³/mol. The lowest BCUT2D eigenvalue weighted by molar-refractivity contribution is -0.143. The molecular formula is C17H23N3O5S. The van der Waals surface area contributed by atoms with E-state index in [0.29, 0.717) is 17.5 Å². The highest BCUT2D eigenvalue weighted by molar-refractivity contribution is 7.89. The van der Waals surface area contributed by atoms with E-state index in [4.69, 9.17) is 0 Å². The van der Waals surface area contributed by atoms with E-state index < -0.39 is 27.8 Å². The van der Waals surface area contributed by atoms with Crippen LogP contribution in [-0.2, 0) is 31.7 Å². The molecule has 9 heteroatoms. The summed E-state index contributed by atoms with van der Waals surface area (Å²) >= 11 is 0. The lowest BCUT2D eigenvalue weighted by Crippen LogP contribution is -2.46. The van der Waals surface area contributed by atoms with Crippen LogP contribution in [0.15, 0.2) is 24.3 Å². The summed E-state index contributed by atoms with van der Waals surface area (Å²) in [6.07, 6.45) is 1.70. The minimum atomic E-state index is -3.35. The van der Waals surface area contributed by atoms with Gasteiger partial charge in [-0.1, -0.05) is 32.4 Å². The summed E-state index contributed by atoms with van der Waals surface area (Å²) in [5.41, 5.74) is 1.20. The van der Waals surface area contributed by atoms with Gasteiger partial charge < -0.3 is 15.0 Å². The number of fused-ring (bicyclic) bond motifs is 1. The largest absolute Gasteiger partial charge is 0.480 e. The van der Waals surface area contributed by atoms with Crippen molar-refractivity contribution >= 4 is 32.7 Å². The number of benzene rings is 1. The fourth-order valence-corrected chi connectivity index (χ4v) is 3.38. The van der Waals surface area contributed by atoms with Gasteiger partial charge in [-0.2, -0.15) is 0 Å². The summed E-state index contributed by atoms with van der Waals surface area (Å²) in [7, 11) is -3.35. The number of para-hydroxylation sites is 2. The molecule has 0 aliphatic heterocycles. The monoisotopic (exact) mass is 381 g/mol. The Morgan fingerprint density at radius 2 is 1.96 bits per heavy atom. The molecule has 1 heterocycles. The van der Waals surface area contributed by atoms with Crippen molar-refractivity contribution in [2.75, 3.05) is 6.26 Å². The second kappa shape index (κ2) is 7.86. The van der Waals surface area contributed by atoms with E-state index in [9.17, 15) is 23.1 Å². The third-order valence-electron chi connectivity index (χ3n) is 4.22. The summed E-state index contributed by atoms with van der Waals surface area (Å²) in [4.78, 5) is 28.1. The fourth-order valence-electron chi connectivity index (χ4n) is 2.69. The number of carbonyl (C=O) groups is 2. The number of aliphatic carboxylic acids is 1. The number of hydrogen-bond donors (Lipinski definition) is 2. The van der Waals surface area contributed by atoms with Crippen molar-refractivity contribution in [3.05, 3.63) is 30.1 Å². The third kappa shape index (κ3) is 4.81. The summed E-state index contributed by atoms with van der Waals surface area (Å²) in [5, 5.41) is 11.8. The van der Waals surface area contributed by atoms with Crippen LogP contribution in [0.1, 0.15) is 26.1 Å². The van der Waals surface area contributed by atoms with Gasteiger partial charge in [0.05, 0.1) is 11.0 Å². The third-order valence-corrected chi connectivity index (χ3v) is 5.00. The van der Waals surface area contributed by atoms with Crippen molar-refractivity contribution in [1.82, 2.24) is 14.9 Å². The average molecular weight is 381 g/mol. The normalized spacial score (nSPS) is 14.1. The predicted octanol–water partition coefficient (Wildman–Crippen LogP) is 1.20. The Bertz CT molecular complexity index is 920. The van der Waals surface area contributed by atoms with Crippen molar-refractivity contribution in [2.24, 2.45) is 5.92 Å². The molecule has 0 bridgehead atoms. The molecular weight excluding hydrogens is 358 g/mol. The van der Waals surface area contributed by atoms with E-state index in [2.05, 4.69) is 10.3 Å². The first-order valence-electron chi connectivity index (χ1n) is 8.26. The Morgan fingerprint density at radius 1 is 1.31 bits per heavy atom. The lowest BCUT2D eigenvalue weighted by atomic mass is 9.99. The number of carboxylic acid groups (broad SMARTS) is 1. The number of nitrogens with one attached hydrogen (secondary N) is 1. The van der Waals surface area contributed by atoms with E-state index >= 15 is 0 Å². The van der Waals surface area contributed by atoms with Gasteiger partial charge in [-0.15, -0.1) is 0 Å². The first-order valence-corrected chi connectivity index (χ1v) is 10.3. The van der Waals surface area contributed by atoms with Gasteiger partial charge in [0.2, 0.25) is 5.91 Å². The maximum atomic E-state index is 12.4. The van der Waals surface area contributed by atoms with E-state index in [1.54, 1.807) is 31.2 Å². The second-order valence-electron chi connectivity index (χ2n) is 6.44. The number of nitrogens with zero attached hydrogens (tertiary/aromatic N) is 2. The van der Waals surface area contributed by atoms with Crippen LogP contribution in [0.25, 0.3) is 11.0 Å². The Labute approximate surface area is 152 Å². The van der Waals surface area contributed by atoms with Gasteiger partial charge >= 0.3 is 5.97 Å². The number of carbonyl (C=O) groups excluding carboxylic acids is 1. The summed E-state index contributed by atoms with van der Waals surface area (Å²) in [6, 6.07) is 6.01. The van der Waals surface area contributed by atoms with E-state index in [-0.39, 0.29) is 24.0 Å². The van der Waals surface area contributed by atoms with Gasteiger partial charge in [-0.3, -0.25) is 4.79 Å². The number of amides is 1. The highest BCUT2D eigenvalue weighted by Gasteiger charge is 2.26. The number of hydrogen-bond acceptors (Lipinski definition) is 5. The van der Waals surface area contributed by atoms with Crippen LogP contribution in [0.2, 0.25) is 0 Å². The Hall–Kier alpha value is -2.42. The number of sulfone groups is 1. The van der Waals surface area contributed by atoms with E-state index in [1.165, 1.54) is 4.57 Å². The molecule has 1 aromatic carbocycles. The van der Waals surface area contributed by atoms with Crippen molar-refractivity contribution in [2.45, 2.75) is 38.6 Å². The SMILES string of the molecule is CC[C@H](C)[C@H](NC(=O)Cn1c(CS(C)(=O)=O)nc2ccccc21)C(=O)O. The number of aromatic nitrogens is 2. The Kier molecular flexibility index (Phi) is 6.01. The first kappa shape index (κ1) is 19.9. The van der Waals surface area contributed by atoms with Crippen LogP contribution in [0.5, 0.6) is 0 Å². The zero-order valence-electron chi connectivity index (χ0n) is 15.0. The number of carboxylic acids is 1. The molecule has 0 aliphatic carbocycles. The quantitative estimate of drug-likeness (QED) is 0.709. The van der Waals surface area contributed by atoms with Gasteiger partial charge in [0.25, 0.3) is 0 Å². The molecule has 1 aromatic heterocycles. The maximum Gasteiger partial charge on any atom is 0.326 e. The standard InChI is InChI=1S/C17H23N3O5S/c1-4-11(2)16(17(22)23)19-15(21)9-20-13-8-6-5-7-12(13)18-14(20)10-26(3,24)25/h5-8,11,16H,4,9-10H2,1-3H3,(H,19,21)(H,22,23)/t11-,16-/m0/s1. The van der Waals surface area contributed by atoms with Crippen LogP contribution in [-0.4, -0.2) is 47.2 Å². The van der Waals surface area contributed by atoms with E-state index in [1.807, 2.05) is 6.92 Å². The van der Waals surface area contributed by atoms with Crippen LogP contribution < -0.4 is 5.32 Å². The van der Waals surface area contributed by atoms with Crippen molar-refractivity contribution in [3.8, 4) is 0 Å². The molecule has 2 N–H and O–H groups in total. The number of imidazole rings is 1. The molecule has 8 nitrogen and oxygen atoms in total. The van der Waals surface area contributed by atoms with Crippen LogP contribution in [0, 0.1) is 5.92 Å². The molecule has 0 spiro atoms. The van der Waals surface area contributed by atoms with Crippen LogP contribution >= 0.6 is 0 Å². The summed E-state index contributed by atoms with van der Waals surface area (Å²) < 4.78 is 24.9. The maximum absolute atomic E-state index is 12.4. The average Bonchev–Trinajstić information content (AvgIpc) is 2.87. The highest BCUT2D eigenvalue weighted by Crippen LogP contribution is 2.18. The summed E-state index contributed by atoms with van der Waals surface area (Å²) in [5.74, 6) is -1.89. The number of rotatable bonds is 8. The molecule has 0 saturated heterocycles. The molecule has 0 saturated carbocycles. The van der Waals surface area contributed by atoms with Crippen molar-refractivity contribution < 1.29 is 23.1 Å². The highest BCUT2D eigenvalue weighted by atomic mass is 32.2. The topological polar surface area (TPSA) is 118 Å². The molecule has 2 aromatic rings. The smallest absolute Gasteiger partial charge is 0.326 e. The molecule has 2 atom stereocenters. The zero-order chi connectivity index (χ0) is 19.5. The molecule has 2 rings (SSSR count). The molecule has 26 heavy (non-hydrogen) atoms. The molecule has 1 amide bonds. The second-order valence-corrected chi connectivity index (χ2v) is 8.58. The molecule has 142 valence electrons. The van der Waals surface area contributed by atoms with Crippen molar-refractivity contribution in [3.63, 3.8) is 0 Å². The summed E-state index contributed by atoms with van der Waals surface area (Å²) in [6.45, 7) is 3.40. The Balaban J connectivity index is 2.32. The van der Waals surface area contributed by atoms with Gasteiger partial charge in [0.1, 0.15) is 24.2 Å². The molecule has 0 radical (unpaired) electrons. The first-order chi connectivity index (χ1) is 12.1. The van der Waals surface area contributed by atoms with Crippen LogP contribution in [0.3, 0.4) is 0 Å². The Morgan fingerprint density at radius 3 is 2.54 bits per heavy atom. The van der Waals surface area contributed by atoms with Gasteiger partial charge in [-0.25, -0.2) is 18.2 Å². The molecule has 0 aliphatic rings. The van der Waals surface area contributed by atoms with Gasteiger partial charge in [-0.05, 0) is 18.1 Å². The fraction of sp³-hybridized carbons (Fsp3) is 0.471. The van der Waals surface area contributed by atoms with Crippen molar-refractivity contribution in [1.29, 1.82) is 0 Å². The molecule has 0 fully saturated rings. The van der Waals surface area contributed by atoms with Gasteiger partial charge in [0.15, 0.2) is 9.84 Å². The van der Waals surface area contributed by atoms with Crippen LogP contribution in [0.4, 0.5) is 0 Å². The van der Waals surface area contributed by atoms with Gasteiger partial charge in [0, 0.05) is 6.26 Å². The zero-order valence-corrected chi connectivity index (χ0v) is 15.8. The van der Waals surface area contributed by atoms with E-state index in [0.717, 1.165) is 6.26 Å². The lowest BCUT2D eigenvalue weighted by Gasteiger charge is -2.20. The minimum absolute atomic E-state index is 0.203.